The lowest BCUT2D eigenvalue weighted by molar-refractivity contribution is 0.0696. The molecule has 20 heteroatoms. The molecule has 14 nitrogen and oxygen atoms in total. The van der Waals surface area contributed by atoms with E-state index in [0.29, 0.717) is 43.0 Å². The number of hydrogen-bond acceptors (Lipinski definition) is 11. The molecule has 0 spiro atoms. The quantitative estimate of drug-likeness (QED) is 0.156. The largest absolute Gasteiger partial charge is 0.478 e. The van der Waals surface area contributed by atoms with Crippen LogP contribution >= 0.6 is 0 Å². The highest BCUT2D eigenvalue weighted by Gasteiger charge is 2.49. The van der Waals surface area contributed by atoms with Crippen molar-refractivity contribution >= 4 is 37.4 Å². The monoisotopic (exact) mass is 882 g/mol. The average Bonchev–Trinajstić information content (AvgIpc) is 3.22. The SMILES string of the molecule is Cc1cc(C(=O)O)cnn1.Cc1cc(NC(=O)N2CCC(C(C)(F)S(=O)(=O)c3cccc(F)c3)CC2)cnn1.Cc1cccc(S(=O)(=O)C(C)(F)C2CCNCC2)c1.[2H]CF. The molecule has 60 heavy (non-hydrogen) atoms. The van der Waals surface area contributed by atoms with E-state index in [0.717, 1.165) is 24.6 Å². The number of anilines is 1. The van der Waals surface area contributed by atoms with Gasteiger partial charge in [-0.3, -0.25) is 4.39 Å². The normalized spacial score (nSPS) is 17.0. The second-order valence-corrected chi connectivity index (χ2v) is 19.0. The van der Waals surface area contributed by atoms with Crippen molar-refractivity contribution in [2.75, 3.05) is 38.6 Å². The molecule has 6 rings (SSSR count). The Labute approximate surface area is 349 Å². The Morgan fingerprint density at radius 3 is 1.80 bits per heavy atom. The number of nitrogens with one attached hydrogen (secondary N) is 2. The number of aromatic nitrogens is 4. The van der Waals surface area contributed by atoms with Gasteiger partial charge in [0, 0.05) is 24.9 Å². The first-order chi connectivity index (χ1) is 28.6. The number of halogens is 4. The van der Waals surface area contributed by atoms with Crippen LogP contribution in [0.2, 0.25) is 0 Å². The number of likely N-dealkylation sites (tertiary alicyclic amines) is 1. The Morgan fingerprint density at radius 2 is 1.32 bits per heavy atom. The van der Waals surface area contributed by atoms with Crippen LogP contribution in [0.15, 0.2) is 82.8 Å². The lowest BCUT2D eigenvalue weighted by Gasteiger charge is -2.37. The van der Waals surface area contributed by atoms with Gasteiger partial charge in [-0.2, -0.15) is 20.4 Å². The van der Waals surface area contributed by atoms with E-state index in [4.69, 9.17) is 6.48 Å². The number of carbonyl (C=O) groups is 2. The molecule has 2 aromatic heterocycles. The Balaban J connectivity index is 0.000000264. The third kappa shape index (κ3) is 12.5. The summed E-state index contributed by atoms with van der Waals surface area (Å²) in [4.78, 5) is 23.9. The fourth-order valence-electron chi connectivity index (χ4n) is 6.59. The molecular weight excluding hydrogens is 831 g/mol. The number of rotatable bonds is 8. The van der Waals surface area contributed by atoms with E-state index in [2.05, 4.69) is 31.0 Å². The summed E-state index contributed by atoms with van der Waals surface area (Å²) in [6, 6.07) is 13.6. The number of aromatic carboxylic acids is 1. The predicted octanol–water partition coefficient (Wildman–Crippen LogP) is 6.85. The molecule has 2 amide bonds. The van der Waals surface area contributed by atoms with Gasteiger partial charge in [0.05, 0.1) is 53.3 Å². The molecule has 0 radical (unpaired) electrons. The number of piperidine rings is 2. The van der Waals surface area contributed by atoms with Crippen molar-refractivity contribution in [2.45, 2.75) is 80.1 Å². The van der Waals surface area contributed by atoms with Gasteiger partial charge in [-0.1, -0.05) is 18.2 Å². The van der Waals surface area contributed by atoms with Crippen LogP contribution < -0.4 is 10.6 Å². The summed E-state index contributed by atoms with van der Waals surface area (Å²) >= 11 is 0. The maximum atomic E-state index is 15.4. The van der Waals surface area contributed by atoms with Crippen LogP contribution in [-0.4, -0.2) is 103 Å². The third-order valence-electron chi connectivity index (χ3n) is 10.1. The first-order valence-electron chi connectivity index (χ1n) is 19.4. The summed E-state index contributed by atoms with van der Waals surface area (Å²) in [7, 11) is -9.35. The summed E-state index contributed by atoms with van der Waals surface area (Å²) < 4.78 is 110. The standard InChI is InChI=1S/C19H22F2N4O3S.C14H20FNO2S.C6H6N2O2.CH3F/c1-13-10-16(12-22-24-13)23-18(26)25-8-6-14(7-9-25)19(2,21)29(27,28)17-5-3-4-15(20)11-17;1-11-4-3-5-13(10-11)19(17,18)14(2,15)12-6-8-16-9-7-12;1-4-2-5(6(9)10)3-7-8-4;1-2/h3-5,10-12,14H,6-9H2,1-2H3,(H,23,24,26);3-5,10,12,16H,6-9H2,1-2H3;2-3H,1H3,(H,9,10);1H3/i;;;1D. The van der Waals surface area contributed by atoms with Crippen molar-refractivity contribution in [1.82, 2.24) is 30.6 Å². The summed E-state index contributed by atoms with van der Waals surface area (Å²) in [6.07, 6.45) is 4.08. The number of aryl methyl sites for hydroxylation is 3. The summed E-state index contributed by atoms with van der Waals surface area (Å²) in [6.45, 7) is 9.22. The minimum atomic E-state index is -4.39. The fraction of sp³-hybridized carbons (Fsp3) is 0.450. The van der Waals surface area contributed by atoms with Crippen LogP contribution in [0.5, 0.6) is 0 Å². The number of benzene rings is 2. The molecule has 2 aromatic carbocycles. The number of amides is 2. The molecule has 2 aliphatic heterocycles. The van der Waals surface area contributed by atoms with Crippen molar-refractivity contribution in [3.05, 3.63) is 101 Å². The highest BCUT2D eigenvalue weighted by Crippen LogP contribution is 2.40. The summed E-state index contributed by atoms with van der Waals surface area (Å²) in [5.74, 6) is -2.98. The van der Waals surface area contributed by atoms with Crippen molar-refractivity contribution in [3.63, 3.8) is 0 Å². The minimum Gasteiger partial charge on any atom is -0.478 e. The summed E-state index contributed by atoms with van der Waals surface area (Å²) in [5, 5.41) is 24.1. The molecule has 4 aromatic rings. The van der Waals surface area contributed by atoms with Crippen molar-refractivity contribution in [1.29, 1.82) is 0 Å². The first-order valence-corrected chi connectivity index (χ1v) is 21.7. The number of urea groups is 1. The van der Waals surface area contributed by atoms with Crippen LogP contribution in [0.25, 0.3) is 0 Å². The Bertz CT molecular complexity index is 2310. The highest BCUT2D eigenvalue weighted by atomic mass is 32.2. The number of carboxylic acid groups (broad SMARTS) is 1. The van der Waals surface area contributed by atoms with Crippen molar-refractivity contribution in [2.24, 2.45) is 11.8 Å². The molecule has 0 saturated carbocycles. The topological polar surface area (TPSA) is 202 Å². The van der Waals surface area contributed by atoms with Crippen LogP contribution in [0.4, 0.5) is 28.0 Å². The molecule has 2 saturated heterocycles. The van der Waals surface area contributed by atoms with E-state index in [1.807, 2.05) is 0 Å². The zero-order chi connectivity index (χ0) is 45.6. The second kappa shape index (κ2) is 21.4. The van der Waals surface area contributed by atoms with E-state index in [-0.39, 0.29) is 47.3 Å². The van der Waals surface area contributed by atoms with Crippen LogP contribution in [0.1, 0.15) is 68.2 Å². The minimum absolute atomic E-state index is 0.0797. The maximum Gasteiger partial charge on any atom is 0.337 e. The lowest BCUT2D eigenvalue weighted by Crippen LogP contribution is -2.48. The lowest BCUT2D eigenvalue weighted by atomic mass is 9.92. The van der Waals surface area contributed by atoms with Gasteiger partial charge in [-0.25, -0.2) is 39.6 Å². The van der Waals surface area contributed by atoms with Gasteiger partial charge in [0.25, 0.3) is 0 Å². The molecule has 4 heterocycles. The van der Waals surface area contributed by atoms with Gasteiger partial charge >= 0.3 is 12.0 Å². The maximum absolute atomic E-state index is 15.4. The van der Waals surface area contributed by atoms with Gasteiger partial charge in [0.2, 0.25) is 29.7 Å². The van der Waals surface area contributed by atoms with E-state index in [9.17, 15) is 39.6 Å². The van der Waals surface area contributed by atoms with Crippen molar-refractivity contribution < 1.29 is 50.5 Å². The van der Waals surface area contributed by atoms with E-state index < -0.39 is 60.5 Å². The molecule has 0 aliphatic carbocycles. The van der Waals surface area contributed by atoms with Crippen molar-refractivity contribution in [3.8, 4) is 0 Å². The van der Waals surface area contributed by atoms with Gasteiger partial charge < -0.3 is 20.6 Å². The number of hydrogen-bond donors (Lipinski definition) is 3. The molecule has 2 unspecified atom stereocenters. The second-order valence-electron chi connectivity index (χ2n) is 14.4. The highest BCUT2D eigenvalue weighted by molar-refractivity contribution is 7.93. The zero-order valence-electron chi connectivity index (χ0n) is 34.9. The van der Waals surface area contributed by atoms with Gasteiger partial charge in [0.15, 0.2) is 0 Å². The zero-order valence-corrected chi connectivity index (χ0v) is 35.5. The molecule has 2 aliphatic rings. The number of sulfone groups is 2. The number of carboxylic acids is 1. The van der Waals surface area contributed by atoms with Crippen LogP contribution in [-0.2, 0) is 19.7 Å². The third-order valence-corrected chi connectivity index (χ3v) is 14.6. The van der Waals surface area contributed by atoms with Crippen LogP contribution in [0, 0.1) is 38.4 Å². The van der Waals surface area contributed by atoms with Gasteiger partial charge in [-0.05, 0) is 121 Å². The molecule has 3 N–H and O–H groups in total. The van der Waals surface area contributed by atoms with Gasteiger partial charge in [0.1, 0.15) is 5.82 Å². The number of carbonyl (C=O) groups excluding carboxylic acids is 1. The molecule has 2 fully saturated rings. The van der Waals surface area contributed by atoms with E-state index in [1.54, 1.807) is 39.0 Å². The predicted molar refractivity (Wildman–Crippen MR) is 217 cm³/mol. The Morgan fingerprint density at radius 1 is 0.817 bits per heavy atom. The molecular formula is C40H51F4N7O7S2. The Hall–Kier alpha value is -5.08. The van der Waals surface area contributed by atoms with E-state index >= 15 is 4.39 Å². The molecule has 0 bridgehead atoms. The number of alkyl halides is 3. The first kappa shape index (κ1) is 47.6. The smallest absolute Gasteiger partial charge is 0.337 e. The van der Waals surface area contributed by atoms with Gasteiger partial charge in [-0.15, -0.1) is 0 Å². The molecule has 2 atom stereocenters. The van der Waals surface area contributed by atoms with E-state index in [1.165, 1.54) is 54.5 Å². The summed E-state index contributed by atoms with van der Waals surface area (Å²) in [5.41, 5.74) is 2.75. The average molecular weight is 883 g/mol. The Kier molecular flexibility index (Phi) is 17.0. The molecule has 328 valence electrons. The number of nitrogens with zero attached hydrogens (tertiary/aromatic N) is 5. The fourth-order valence-corrected chi connectivity index (χ4v) is 9.98. The van der Waals surface area contributed by atoms with Crippen LogP contribution in [0.3, 0.4) is 0 Å².